The number of nitrogens with zero attached hydrogens (tertiary/aromatic N) is 4. The van der Waals surface area contributed by atoms with Gasteiger partial charge in [0.1, 0.15) is 5.56 Å². The van der Waals surface area contributed by atoms with Gasteiger partial charge in [-0.2, -0.15) is 16.6 Å². The molecule has 0 radical (unpaired) electrons. The molecule has 4 rings (SSSR count). The van der Waals surface area contributed by atoms with Crippen LogP contribution in [0.3, 0.4) is 0 Å². The highest BCUT2D eigenvalue weighted by atomic mass is 32.1. The molecular weight excluding hydrogens is 410 g/mol. The monoisotopic (exact) mass is 433 g/mol. The number of anilines is 2. The minimum atomic E-state index is -0.322. The van der Waals surface area contributed by atoms with E-state index in [4.69, 9.17) is 4.74 Å². The van der Waals surface area contributed by atoms with Crippen LogP contribution in [0.4, 0.5) is 11.4 Å². The highest BCUT2D eigenvalue weighted by Gasteiger charge is 2.22. The Labute approximate surface area is 185 Å². The lowest BCUT2D eigenvalue weighted by molar-refractivity contribution is 0.102. The first-order valence-electron chi connectivity index (χ1n) is 10.0. The molecule has 0 atom stereocenters. The number of thiophene rings is 1. The Balaban J connectivity index is 1.51. The number of piperazine rings is 1. The molecular formula is C23H23N5O2S. The molecule has 0 aliphatic carbocycles. The van der Waals surface area contributed by atoms with Crippen molar-refractivity contribution < 1.29 is 9.53 Å². The second kappa shape index (κ2) is 9.60. The minimum absolute atomic E-state index is 0.264. The summed E-state index contributed by atoms with van der Waals surface area (Å²) in [6.07, 6.45) is 1.58. The first kappa shape index (κ1) is 20.8. The van der Waals surface area contributed by atoms with Crippen LogP contribution < -0.4 is 15.0 Å². The molecule has 7 nitrogen and oxygen atoms in total. The molecule has 1 fully saturated rings. The first-order valence-corrected chi connectivity index (χ1v) is 10.9. The van der Waals surface area contributed by atoms with Crippen molar-refractivity contribution in [2.45, 2.75) is 6.54 Å². The third-order valence-electron chi connectivity index (χ3n) is 5.28. The largest absolute Gasteiger partial charge is 0.480 e. The predicted octanol–water partition coefficient (Wildman–Crippen LogP) is 3.60. The number of hydrogen-bond acceptors (Lipinski definition) is 7. The smallest absolute Gasteiger partial charge is 0.261 e. The average molecular weight is 434 g/mol. The van der Waals surface area contributed by atoms with Gasteiger partial charge in [-0.05, 0) is 52.7 Å². The fourth-order valence-electron chi connectivity index (χ4n) is 3.69. The average Bonchev–Trinajstić information content (AvgIpc) is 3.32. The maximum atomic E-state index is 12.9. The lowest BCUT2D eigenvalue weighted by Gasteiger charge is -2.37. The van der Waals surface area contributed by atoms with E-state index in [0.29, 0.717) is 16.8 Å². The van der Waals surface area contributed by atoms with Crippen LogP contribution in [0.1, 0.15) is 21.5 Å². The van der Waals surface area contributed by atoms with Gasteiger partial charge in [-0.15, -0.1) is 0 Å². The Morgan fingerprint density at radius 3 is 2.81 bits per heavy atom. The van der Waals surface area contributed by atoms with Crippen LogP contribution in [0.15, 0.2) is 53.4 Å². The van der Waals surface area contributed by atoms with Crippen LogP contribution >= 0.6 is 11.3 Å². The lowest BCUT2D eigenvalue weighted by atomic mass is 10.1. The number of methoxy groups -OCH3 is 1. The van der Waals surface area contributed by atoms with Gasteiger partial charge in [0.2, 0.25) is 5.88 Å². The molecule has 158 valence electrons. The Morgan fingerprint density at radius 2 is 2.10 bits per heavy atom. The zero-order valence-electron chi connectivity index (χ0n) is 17.2. The van der Waals surface area contributed by atoms with Gasteiger partial charge >= 0.3 is 0 Å². The molecule has 1 N–H and O–H groups in total. The molecule has 1 amide bonds. The van der Waals surface area contributed by atoms with Gasteiger partial charge in [-0.25, -0.2) is 4.98 Å². The van der Waals surface area contributed by atoms with E-state index in [-0.39, 0.29) is 11.8 Å². The van der Waals surface area contributed by atoms with Gasteiger partial charge in [0.25, 0.3) is 5.91 Å². The number of nitrogens with one attached hydrogen (secondary N) is 1. The summed E-state index contributed by atoms with van der Waals surface area (Å²) in [6.45, 7) is 4.50. The Morgan fingerprint density at radius 1 is 1.26 bits per heavy atom. The van der Waals surface area contributed by atoms with Crippen molar-refractivity contribution in [2.75, 3.05) is 43.5 Å². The number of hydrogen-bond donors (Lipinski definition) is 1. The molecule has 2 aromatic heterocycles. The third kappa shape index (κ3) is 4.85. The van der Waals surface area contributed by atoms with Gasteiger partial charge in [-0.1, -0.05) is 0 Å². The Bertz CT molecular complexity index is 1090. The Kier molecular flexibility index (Phi) is 6.46. The molecule has 0 bridgehead atoms. The van der Waals surface area contributed by atoms with Gasteiger partial charge < -0.3 is 15.0 Å². The second-order valence-corrected chi connectivity index (χ2v) is 8.03. The second-order valence-electron chi connectivity index (χ2n) is 7.25. The fourth-order valence-corrected chi connectivity index (χ4v) is 4.34. The first-order chi connectivity index (χ1) is 15.2. The molecule has 3 aromatic rings. The van der Waals surface area contributed by atoms with E-state index in [9.17, 15) is 10.1 Å². The van der Waals surface area contributed by atoms with Gasteiger partial charge in [0.05, 0.1) is 30.1 Å². The number of amides is 1. The number of nitriles is 1. The number of carbonyl (C=O) groups is 1. The lowest BCUT2D eigenvalue weighted by Crippen LogP contribution is -2.46. The van der Waals surface area contributed by atoms with Crippen molar-refractivity contribution in [1.29, 1.82) is 5.26 Å². The quantitative estimate of drug-likeness (QED) is 0.640. The van der Waals surface area contributed by atoms with Crippen molar-refractivity contribution in [3.63, 3.8) is 0 Å². The van der Waals surface area contributed by atoms with E-state index in [1.54, 1.807) is 41.8 Å². The van der Waals surface area contributed by atoms with Crippen LogP contribution in [-0.4, -0.2) is 49.1 Å². The van der Waals surface area contributed by atoms with E-state index in [1.807, 2.05) is 6.07 Å². The molecule has 8 heteroatoms. The maximum absolute atomic E-state index is 12.9. The van der Waals surface area contributed by atoms with Crippen molar-refractivity contribution in [3.05, 3.63) is 70.0 Å². The molecule has 0 saturated carbocycles. The number of aromatic nitrogens is 1. The van der Waals surface area contributed by atoms with Crippen molar-refractivity contribution >= 4 is 28.6 Å². The summed E-state index contributed by atoms with van der Waals surface area (Å²) in [7, 11) is 1.48. The van der Waals surface area contributed by atoms with Gasteiger partial charge in [0, 0.05) is 38.9 Å². The standard InChI is InChI=1S/C23H23N5O2S/c1-30-23-19(3-2-7-25-23)22(29)26-20-13-17(14-24)4-5-21(20)28-10-8-27(9-11-28)15-18-6-12-31-16-18/h2-7,12-13,16H,8-11,15H2,1H3,(H,26,29). The van der Waals surface area contributed by atoms with E-state index in [2.05, 4.69) is 43.0 Å². The number of benzene rings is 1. The van der Waals surface area contributed by atoms with E-state index in [0.717, 1.165) is 38.4 Å². The maximum Gasteiger partial charge on any atom is 0.261 e. The molecule has 1 saturated heterocycles. The van der Waals surface area contributed by atoms with Crippen LogP contribution in [0, 0.1) is 11.3 Å². The number of ether oxygens (including phenoxy) is 1. The van der Waals surface area contributed by atoms with E-state index in [1.165, 1.54) is 12.7 Å². The molecule has 1 aromatic carbocycles. The summed E-state index contributed by atoms with van der Waals surface area (Å²) in [4.78, 5) is 21.7. The SMILES string of the molecule is COc1ncccc1C(=O)Nc1cc(C#N)ccc1N1CCN(Cc2ccsc2)CC1. The zero-order chi connectivity index (χ0) is 21.6. The van der Waals surface area contributed by atoms with Crippen LogP contribution in [0.5, 0.6) is 5.88 Å². The van der Waals surface area contributed by atoms with Crippen molar-refractivity contribution in [1.82, 2.24) is 9.88 Å². The topological polar surface area (TPSA) is 81.5 Å². The fraction of sp³-hybridized carbons (Fsp3) is 0.261. The van der Waals surface area contributed by atoms with Crippen LogP contribution in [0.25, 0.3) is 0 Å². The number of pyridine rings is 1. The normalized spacial score (nSPS) is 14.1. The summed E-state index contributed by atoms with van der Waals surface area (Å²) in [5.41, 5.74) is 3.70. The highest BCUT2D eigenvalue weighted by molar-refractivity contribution is 7.07. The predicted molar refractivity (Wildman–Crippen MR) is 122 cm³/mol. The molecule has 0 unspecified atom stereocenters. The summed E-state index contributed by atoms with van der Waals surface area (Å²) >= 11 is 1.72. The van der Waals surface area contributed by atoms with E-state index >= 15 is 0 Å². The minimum Gasteiger partial charge on any atom is -0.480 e. The number of rotatable bonds is 6. The molecule has 1 aliphatic heterocycles. The number of carbonyl (C=O) groups excluding carboxylic acids is 1. The summed E-state index contributed by atoms with van der Waals surface area (Å²) in [5, 5.41) is 16.6. The third-order valence-corrected chi connectivity index (χ3v) is 6.01. The molecule has 0 spiro atoms. The molecule has 3 heterocycles. The van der Waals surface area contributed by atoms with Gasteiger partial charge in [0.15, 0.2) is 0 Å². The van der Waals surface area contributed by atoms with Crippen molar-refractivity contribution in [3.8, 4) is 11.9 Å². The van der Waals surface area contributed by atoms with Crippen molar-refractivity contribution in [2.24, 2.45) is 0 Å². The summed E-state index contributed by atoms with van der Waals surface area (Å²) < 4.78 is 5.21. The Hall–Kier alpha value is -3.41. The molecule has 1 aliphatic rings. The summed E-state index contributed by atoms with van der Waals surface area (Å²) in [6, 6.07) is 13.1. The summed E-state index contributed by atoms with van der Waals surface area (Å²) in [5.74, 6) is -0.0579. The highest BCUT2D eigenvalue weighted by Crippen LogP contribution is 2.29. The van der Waals surface area contributed by atoms with Gasteiger partial charge in [-0.3, -0.25) is 9.69 Å². The molecule has 31 heavy (non-hydrogen) atoms. The zero-order valence-corrected chi connectivity index (χ0v) is 18.1. The van der Waals surface area contributed by atoms with Crippen LogP contribution in [-0.2, 0) is 6.54 Å². The van der Waals surface area contributed by atoms with Crippen LogP contribution in [0.2, 0.25) is 0 Å². The van der Waals surface area contributed by atoms with E-state index < -0.39 is 0 Å².